The maximum atomic E-state index is 12.8. The molecule has 2 aromatic heterocycles. The zero-order valence-corrected chi connectivity index (χ0v) is 16.5. The first-order chi connectivity index (χ1) is 12.0. The average molecular weight is 361 g/mol. The number of hydrogen-bond donors (Lipinski definition) is 0. The number of carbonyl (C=O) groups is 1. The van der Waals surface area contributed by atoms with E-state index < -0.39 is 0 Å². The highest BCUT2D eigenvalue weighted by Gasteiger charge is 2.24. The van der Waals surface area contributed by atoms with Crippen molar-refractivity contribution in [2.75, 3.05) is 25.0 Å². The van der Waals surface area contributed by atoms with Crippen LogP contribution >= 0.6 is 11.3 Å². The number of anilines is 1. The molecule has 1 fully saturated rings. The molecule has 1 amide bonds. The van der Waals surface area contributed by atoms with Crippen LogP contribution in [0.5, 0.6) is 0 Å². The van der Waals surface area contributed by atoms with Crippen molar-refractivity contribution in [2.24, 2.45) is 0 Å². The van der Waals surface area contributed by atoms with Crippen molar-refractivity contribution in [3.8, 4) is 0 Å². The van der Waals surface area contributed by atoms with Crippen molar-refractivity contribution < 1.29 is 4.79 Å². The number of hydrogen-bond acceptors (Lipinski definition) is 5. The Bertz CT molecular complexity index is 747. The van der Waals surface area contributed by atoms with Crippen molar-refractivity contribution in [3.05, 3.63) is 16.8 Å². The second-order valence-electron chi connectivity index (χ2n) is 7.20. The molecule has 0 saturated carbocycles. The van der Waals surface area contributed by atoms with E-state index in [1.54, 1.807) is 11.2 Å². The molecular weight excluding hydrogens is 332 g/mol. The Morgan fingerprint density at radius 2 is 1.80 bits per heavy atom. The molecule has 3 heterocycles. The van der Waals surface area contributed by atoms with E-state index in [2.05, 4.69) is 14.9 Å². The molecule has 0 bridgehead atoms. The van der Waals surface area contributed by atoms with Gasteiger partial charge in [0.15, 0.2) is 0 Å². The summed E-state index contributed by atoms with van der Waals surface area (Å²) in [7, 11) is 1.86. The van der Waals surface area contributed by atoms with Crippen LogP contribution in [0.25, 0.3) is 10.2 Å². The first-order valence-electron chi connectivity index (χ1n) is 9.27. The van der Waals surface area contributed by atoms with Gasteiger partial charge in [0.1, 0.15) is 17.0 Å². The Kier molecular flexibility index (Phi) is 5.57. The average Bonchev–Trinajstić information content (AvgIpc) is 2.90. The van der Waals surface area contributed by atoms with Crippen molar-refractivity contribution in [1.29, 1.82) is 0 Å². The van der Waals surface area contributed by atoms with E-state index in [0.717, 1.165) is 39.6 Å². The highest BCUT2D eigenvalue weighted by atomic mass is 32.1. The highest BCUT2D eigenvalue weighted by molar-refractivity contribution is 7.20. The fraction of sp³-hybridized carbons (Fsp3) is 0.632. The quantitative estimate of drug-likeness (QED) is 0.821. The van der Waals surface area contributed by atoms with Gasteiger partial charge in [-0.3, -0.25) is 4.79 Å². The van der Waals surface area contributed by atoms with Crippen molar-refractivity contribution in [2.45, 2.75) is 58.9 Å². The largest absolute Gasteiger partial charge is 0.356 e. The minimum absolute atomic E-state index is 0.0779. The standard InChI is InChI=1S/C19H28N4OS/c1-13(2)22(4)19(24)16-14(3)15-17(20-12-21-18(15)25-16)23-10-8-6-5-7-9-11-23/h12-13H,5-11H2,1-4H3. The van der Waals surface area contributed by atoms with Gasteiger partial charge in [-0.15, -0.1) is 11.3 Å². The predicted molar refractivity (Wildman–Crippen MR) is 105 cm³/mol. The Morgan fingerprint density at radius 1 is 1.16 bits per heavy atom. The Hall–Kier alpha value is -1.69. The Morgan fingerprint density at radius 3 is 2.44 bits per heavy atom. The highest BCUT2D eigenvalue weighted by Crippen LogP contribution is 2.36. The molecule has 0 spiro atoms. The second kappa shape index (κ2) is 7.68. The molecule has 136 valence electrons. The third-order valence-corrected chi connectivity index (χ3v) is 6.34. The summed E-state index contributed by atoms with van der Waals surface area (Å²) in [6, 6.07) is 0.178. The van der Waals surface area contributed by atoms with E-state index in [4.69, 9.17) is 0 Å². The van der Waals surface area contributed by atoms with Crippen LogP contribution in [0.3, 0.4) is 0 Å². The van der Waals surface area contributed by atoms with Crippen LogP contribution < -0.4 is 4.90 Å². The zero-order valence-electron chi connectivity index (χ0n) is 15.7. The smallest absolute Gasteiger partial charge is 0.264 e. The third kappa shape index (κ3) is 3.64. The summed E-state index contributed by atoms with van der Waals surface area (Å²) in [4.78, 5) is 27.8. The molecule has 3 rings (SSSR count). The van der Waals surface area contributed by atoms with Gasteiger partial charge in [-0.25, -0.2) is 9.97 Å². The molecular formula is C19H28N4OS. The summed E-state index contributed by atoms with van der Waals surface area (Å²) in [5.74, 6) is 1.08. The van der Waals surface area contributed by atoms with E-state index >= 15 is 0 Å². The van der Waals surface area contributed by atoms with Gasteiger partial charge in [0.2, 0.25) is 0 Å². The summed E-state index contributed by atoms with van der Waals surface area (Å²) in [5.41, 5.74) is 1.02. The number of aromatic nitrogens is 2. The Balaban J connectivity index is 2.02. The lowest BCUT2D eigenvalue weighted by Gasteiger charge is -2.26. The van der Waals surface area contributed by atoms with Gasteiger partial charge in [-0.05, 0) is 39.2 Å². The summed E-state index contributed by atoms with van der Waals surface area (Å²) < 4.78 is 0. The van der Waals surface area contributed by atoms with Gasteiger partial charge >= 0.3 is 0 Å². The van der Waals surface area contributed by atoms with Crippen LogP contribution in [-0.4, -0.2) is 47.0 Å². The van der Waals surface area contributed by atoms with Crippen LogP contribution in [0, 0.1) is 6.92 Å². The van der Waals surface area contributed by atoms with Crippen molar-refractivity contribution in [1.82, 2.24) is 14.9 Å². The molecule has 0 N–H and O–H groups in total. The molecule has 0 unspecified atom stereocenters. The molecule has 1 aliphatic heterocycles. The van der Waals surface area contributed by atoms with Crippen LogP contribution in [-0.2, 0) is 0 Å². The van der Waals surface area contributed by atoms with E-state index in [-0.39, 0.29) is 11.9 Å². The molecule has 5 nitrogen and oxygen atoms in total. The molecule has 2 aromatic rings. The molecule has 0 radical (unpaired) electrons. The maximum absolute atomic E-state index is 12.8. The lowest BCUT2D eigenvalue weighted by molar-refractivity contribution is 0.0759. The van der Waals surface area contributed by atoms with Crippen LogP contribution in [0.4, 0.5) is 5.82 Å². The first kappa shape index (κ1) is 18.1. The predicted octanol–water partition coefficient (Wildman–Crippen LogP) is 4.25. The van der Waals surface area contributed by atoms with E-state index in [9.17, 15) is 4.79 Å². The summed E-state index contributed by atoms with van der Waals surface area (Å²) in [6.45, 7) is 8.18. The normalized spacial score (nSPS) is 16.1. The summed E-state index contributed by atoms with van der Waals surface area (Å²) >= 11 is 1.50. The number of nitrogens with zero attached hydrogens (tertiary/aromatic N) is 4. The van der Waals surface area contributed by atoms with E-state index in [1.165, 1.54) is 43.4 Å². The fourth-order valence-electron chi connectivity index (χ4n) is 3.35. The Labute approximate surface area is 154 Å². The number of amides is 1. The third-order valence-electron chi connectivity index (χ3n) is 5.15. The second-order valence-corrected chi connectivity index (χ2v) is 8.20. The minimum atomic E-state index is 0.0779. The number of carbonyl (C=O) groups excluding carboxylic acids is 1. The molecule has 0 atom stereocenters. The molecule has 1 saturated heterocycles. The van der Waals surface area contributed by atoms with Crippen molar-refractivity contribution >= 4 is 33.3 Å². The van der Waals surface area contributed by atoms with Gasteiger partial charge in [0.05, 0.1) is 10.3 Å². The van der Waals surface area contributed by atoms with Crippen molar-refractivity contribution in [3.63, 3.8) is 0 Å². The number of aryl methyl sites for hydroxylation is 1. The number of fused-ring (bicyclic) bond motifs is 1. The number of thiophene rings is 1. The molecule has 6 heteroatoms. The van der Waals surface area contributed by atoms with E-state index in [1.807, 2.05) is 27.8 Å². The van der Waals surface area contributed by atoms with Gasteiger partial charge in [0, 0.05) is 26.2 Å². The molecule has 1 aliphatic rings. The molecule has 0 aromatic carbocycles. The van der Waals surface area contributed by atoms with Gasteiger partial charge in [-0.2, -0.15) is 0 Å². The summed E-state index contributed by atoms with van der Waals surface area (Å²) in [5, 5.41) is 1.06. The van der Waals surface area contributed by atoms with Gasteiger partial charge in [0.25, 0.3) is 5.91 Å². The lowest BCUT2D eigenvalue weighted by atomic mass is 10.1. The minimum Gasteiger partial charge on any atom is -0.356 e. The SMILES string of the molecule is Cc1c(C(=O)N(C)C(C)C)sc2ncnc(N3CCCCCCC3)c12. The molecule has 0 aliphatic carbocycles. The summed E-state index contributed by atoms with van der Waals surface area (Å²) in [6.07, 6.45) is 7.97. The fourth-order valence-corrected chi connectivity index (χ4v) is 4.48. The van der Waals surface area contributed by atoms with Gasteiger partial charge in [-0.1, -0.05) is 19.3 Å². The van der Waals surface area contributed by atoms with Crippen LogP contribution in [0.1, 0.15) is 61.2 Å². The monoisotopic (exact) mass is 360 g/mol. The van der Waals surface area contributed by atoms with Crippen LogP contribution in [0.2, 0.25) is 0 Å². The number of rotatable bonds is 3. The lowest BCUT2D eigenvalue weighted by Crippen LogP contribution is -2.32. The maximum Gasteiger partial charge on any atom is 0.264 e. The van der Waals surface area contributed by atoms with Gasteiger partial charge < -0.3 is 9.80 Å². The first-order valence-corrected chi connectivity index (χ1v) is 10.1. The van der Waals surface area contributed by atoms with E-state index in [0.29, 0.717) is 0 Å². The molecule has 25 heavy (non-hydrogen) atoms. The van der Waals surface area contributed by atoms with Crippen LogP contribution in [0.15, 0.2) is 6.33 Å². The topological polar surface area (TPSA) is 49.3 Å². The zero-order chi connectivity index (χ0) is 18.0.